The van der Waals surface area contributed by atoms with Gasteiger partial charge in [-0.1, -0.05) is 35.9 Å². The molecule has 0 aliphatic rings. The van der Waals surface area contributed by atoms with Crippen LogP contribution in [0, 0.1) is 32.1 Å². The average molecular weight is 354 g/mol. The zero-order valence-corrected chi connectivity index (χ0v) is 15.6. The molecule has 0 aromatic heterocycles. The van der Waals surface area contributed by atoms with Crippen LogP contribution in [0.1, 0.15) is 27.8 Å². The minimum absolute atomic E-state index is 0.191. The first kappa shape index (κ1) is 18.9. The van der Waals surface area contributed by atoms with Crippen LogP contribution in [0.5, 0.6) is 0 Å². The average Bonchev–Trinajstić information content (AvgIpc) is 2.53. The molecule has 2 aromatic rings. The molecule has 0 amide bonds. The Morgan fingerprint density at radius 3 is 2.36 bits per heavy atom. The molecule has 5 heteroatoms. The quantitative estimate of drug-likeness (QED) is 0.740. The second kappa shape index (κ2) is 7.64. The lowest BCUT2D eigenvalue weighted by Gasteiger charge is -2.23. The molecule has 0 spiro atoms. The van der Waals surface area contributed by atoms with E-state index in [2.05, 4.69) is 12.6 Å². The molecular formula is C20H22N2O2S. The highest BCUT2D eigenvalue weighted by atomic mass is 32.2. The highest BCUT2D eigenvalue weighted by Crippen LogP contribution is 2.26. The summed E-state index contributed by atoms with van der Waals surface area (Å²) in [5.41, 5.74) is 3.78. The van der Waals surface area contributed by atoms with Crippen molar-refractivity contribution in [2.75, 3.05) is 6.54 Å². The molecule has 0 aliphatic heterocycles. The molecule has 0 aliphatic carbocycles. The summed E-state index contributed by atoms with van der Waals surface area (Å²) in [6, 6.07) is 12.8. The van der Waals surface area contributed by atoms with E-state index in [1.165, 1.54) is 4.31 Å². The van der Waals surface area contributed by atoms with Crippen LogP contribution in [0.2, 0.25) is 0 Å². The zero-order valence-electron chi connectivity index (χ0n) is 14.8. The van der Waals surface area contributed by atoms with Crippen LogP contribution < -0.4 is 0 Å². The molecule has 2 aromatic carbocycles. The smallest absolute Gasteiger partial charge is 0.207 e. The Labute approximate surface area is 150 Å². The number of nitrogens with zero attached hydrogens (tertiary/aromatic N) is 2. The lowest BCUT2D eigenvalue weighted by molar-refractivity contribution is 0.437. The summed E-state index contributed by atoms with van der Waals surface area (Å²) in [5, 5.41) is 9.04. The molecule has 0 saturated heterocycles. The molecule has 0 saturated carbocycles. The Morgan fingerprint density at radius 1 is 1.16 bits per heavy atom. The number of hydrogen-bond acceptors (Lipinski definition) is 3. The summed E-state index contributed by atoms with van der Waals surface area (Å²) < 4.78 is 27.9. The number of nitriles is 1. The maximum atomic E-state index is 13.2. The SMILES string of the molecule is C=CCN(Cc1cccc(C#N)c1)S(=O)(=O)c1c(C)cc(C)cc1C. The molecule has 4 nitrogen and oxygen atoms in total. The molecule has 130 valence electrons. The number of sulfonamides is 1. The Bertz CT molecular complexity index is 917. The lowest BCUT2D eigenvalue weighted by Crippen LogP contribution is -2.32. The zero-order chi connectivity index (χ0) is 18.6. The van der Waals surface area contributed by atoms with Gasteiger partial charge in [-0.25, -0.2) is 8.42 Å². The molecule has 25 heavy (non-hydrogen) atoms. The fraction of sp³-hybridized carbons (Fsp3) is 0.250. The van der Waals surface area contributed by atoms with Gasteiger partial charge in [-0.15, -0.1) is 6.58 Å². The van der Waals surface area contributed by atoms with Gasteiger partial charge in [0.2, 0.25) is 10.0 Å². The van der Waals surface area contributed by atoms with E-state index in [9.17, 15) is 8.42 Å². The van der Waals surface area contributed by atoms with E-state index in [0.717, 1.165) is 22.3 Å². The predicted octanol–water partition coefficient (Wildman–Crippen LogP) is 3.86. The summed E-state index contributed by atoms with van der Waals surface area (Å²) in [6.45, 7) is 9.65. The van der Waals surface area contributed by atoms with Crippen molar-refractivity contribution in [3.8, 4) is 6.07 Å². The van der Waals surface area contributed by atoms with Crippen LogP contribution in [-0.4, -0.2) is 19.3 Å². The fourth-order valence-corrected chi connectivity index (χ4v) is 4.85. The molecule has 2 rings (SSSR count). The second-order valence-electron chi connectivity index (χ2n) is 6.13. The summed E-state index contributed by atoms with van der Waals surface area (Å²) in [7, 11) is -3.68. The molecular weight excluding hydrogens is 332 g/mol. The molecule has 0 fully saturated rings. The molecule has 0 heterocycles. The summed E-state index contributed by atoms with van der Waals surface area (Å²) in [4.78, 5) is 0.344. The first-order valence-electron chi connectivity index (χ1n) is 7.97. The van der Waals surface area contributed by atoms with E-state index < -0.39 is 10.0 Å². The van der Waals surface area contributed by atoms with Gasteiger partial charge in [-0.05, 0) is 49.6 Å². The van der Waals surface area contributed by atoms with Crippen LogP contribution >= 0.6 is 0 Å². The van der Waals surface area contributed by atoms with Crippen molar-refractivity contribution in [2.45, 2.75) is 32.2 Å². The maximum Gasteiger partial charge on any atom is 0.244 e. The van der Waals surface area contributed by atoms with Gasteiger partial charge >= 0.3 is 0 Å². The van der Waals surface area contributed by atoms with Crippen molar-refractivity contribution in [1.82, 2.24) is 4.31 Å². The van der Waals surface area contributed by atoms with Crippen LogP contribution in [-0.2, 0) is 16.6 Å². The lowest BCUT2D eigenvalue weighted by atomic mass is 10.1. The van der Waals surface area contributed by atoms with Gasteiger partial charge in [-0.3, -0.25) is 0 Å². The molecule has 0 atom stereocenters. The molecule has 0 radical (unpaired) electrons. The summed E-state index contributed by atoms with van der Waals surface area (Å²) in [6.07, 6.45) is 1.57. The minimum Gasteiger partial charge on any atom is -0.207 e. The van der Waals surface area contributed by atoms with Crippen LogP contribution in [0.15, 0.2) is 53.9 Å². The van der Waals surface area contributed by atoms with Crippen molar-refractivity contribution >= 4 is 10.0 Å². The monoisotopic (exact) mass is 354 g/mol. The van der Waals surface area contributed by atoms with Gasteiger partial charge in [0.15, 0.2) is 0 Å². The van der Waals surface area contributed by atoms with Gasteiger partial charge in [0, 0.05) is 13.1 Å². The second-order valence-corrected chi connectivity index (χ2v) is 8.00. The van der Waals surface area contributed by atoms with Crippen LogP contribution in [0.4, 0.5) is 0 Å². The Hall–Kier alpha value is -2.42. The highest BCUT2D eigenvalue weighted by Gasteiger charge is 2.27. The van der Waals surface area contributed by atoms with Crippen molar-refractivity contribution in [2.24, 2.45) is 0 Å². The first-order valence-corrected chi connectivity index (χ1v) is 9.41. The van der Waals surface area contributed by atoms with E-state index in [1.807, 2.05) is 39.0 Å². The molecule has 0 bridgehead atoms. The van der Waals surface area contributed by atoms with Crippen molar-refractivity contribution in [3.63, 3.8) is 0 Å². The summed E-state index contributed by atoms with van der Waals surface area (Å²) >= 11 is 0. The van der Waals surface area contributed by atoms with E-state index in [0.29, 0.717) is 10.5 Å². The Morgan fingerprint density at radius 2 is 1.80 bits per heavy atom. The Kier molecular flexibility index (Phi) is 5.78. The van der Waals surface area contributed by atoms with Crippen LogP contribution in [0.3, 0.4) is 0 Å². The Balaban J connectivity index is 2.48. The van der Waals surface area contributed by atoms with Crippen molar-refractivity contribution in [3.05, 3.63) is 76.9 Å². The van der Waals surface area contributed by atoms with E-state index in [-0.39, 0.29) is 13.1 Å². The maximum absolute atomic E-state index is 13.2. The van der Waals surface area contributed by atoms with Gasteiger partial charge in [0.1, 0.15) is 0 Å². The number of hydrogen-bond donors (Lipinski definition) is 0. The van der Waals surface area contributed by atoms with Gasteiger partial charge in [-0.2, -0.15) is 9.57 Å². The fourth-order valence-electron chi connectivity index (χ4n) is 3.04. The van der Waals surface area contributed by atoms with Crippen molar-refractivity contribution in [1.29, 1.82) is 5.26 Å². The van der Waals surface area contributed by atoms with E-state index in [1.54, 1.807) is 24.3 Å². The van der Waals surface area contributed by atoms with Gasteiger partial charge < -0.3 is 0 Å². The highest BCUT2D eigenvalue weighted by molar-refractivity contribution is 7.89. The van der Waals surface area contributed by atoms with Crippen LogP contribution in [0.25, 0.3) is 0 Å². The number of aryl methyl sites for hydroxylation is 3. The van der Waals surface area contributed by atoms with Gasteiger partial charge in [0.25, 0.3) is 0 Å². The third kappa shape index (κ3) is 4.16. The number of rotatable bonds is 6. The standard InChI is InChI=1S/C20H22N2O2S/c1-5-9-22(14-19-8-6-7-18(12-19)13-21)25(23,24)20-16(3)10-15(2)11-17(20)4/h5-8,10-12H,1,9,14H2,2-4H3. The summed E-state index contributed by atoms with van der Waals surface area (Å²) in [5.74, 6) is 0. The third-order valence-electron chi connectivity index (χ3n) is 3.95. The number of benzene rings is 2. The molecule has 0 N–H and O–H groups in total. The largest absolute Gasteiger partial charge is 0.244 e. The minimum atomic E-state index is -3.68. The molecule has 0 unspecified atom stereocenters. The van der Waals surface area contributed by atoms with Crippen molar-refractivity contribution < 1.29 is 8.42 Å². The topological polar surface area (TPSA) is 61.2 Å². The third-order valence-corrected chi connectivity index (χ3v) is 6.07. The van der Waals surface area contributed by atoms with Gasteiger partial charge in [0.05, 0.1) is 16.5 Å². The van der Waals surface area contributed by atoms with E-state index in [4.69, 9.17) is 5.26 Å². The first-order chi connectivity index (χ1) is 11.8. The van der Waals surface area contributed by atoms with E-state index >= 15 is 0 Å². The normalized spacial score (nSPS) is 11.3. The predicted molar refractivity (Wildman–Crippen MR) is 99.6 cm³/mol.